The molecule has 1 heterocycles. The van der Waals surface area contributed by atoms with Crippen LogP contribution in [-0.2, 0) is 13.1 Å². The molecule has 0 aromatic carbocycles. The van der Waals surface area contributed by atoms with Crippen LogP contribution in [0.15, 0.2) is 12.4 Å². The van der Waals surface area contributed by atoms with Gasteiger partial charge in [0, 0.05) is 21.4 Å². The third-order valence-electron chi connectivity index (χ3n) is 4.36. The van der Waals surface area contributed by atoms with E-state index >= 15 is 0 Å². The molecular formula is C20H37IN2Si. The van der Waals surface area contributed by atoms with E-state index in [1.165, 1.54) is 50.4 Å². The van der Waals surface area contributed by atoms with Crippen LogP contribution in [0.3, 0.4) is 0 Å². The first-order valence-corrected chi connectivity index (χ1v) is 13.2. The van der Waals surface area contributed by atoms with Crippen LogP contribution >= 0.6 is 0 Å². The van der Waals surface area contributed by atoms with E-state index in [2.05, 4.69) is 66.9 Å². The number of aryl methyl sites for hydroxylation is 1. The fourth-order valence-corrected chi connectivity index (χ4v) is 4.06. The Hall–Kier alpha value is -0.283. The Morgan fingerprint density at radius 2 is 1.79 bits per heavy atom. The lowest BCUT2D eigenvalue weighted by atomic mass is 10.2. The Kier molecular flexibility index (Phi) is 12.8. The molecule has 0 amide bonds. The maximum absolute atomic E-state index is 3.31. The SMILES string of the molecule is CCCCCC#CCn1cc[n+](CCCCC[Si](C)(C)C)c1C.[I-]. The first-order valence-electron chi connectivity index (χ1n) is 9.45. The van der Waals surface area contributed by atoms with Gasteiger partial charge in [0.15, 0.2) is 6.54 Å². The van der Waals surface area contributed by atoms with Crippen molar-refractivity contribution < 1.29 is 28.5 Å². The van der Waals surface area contributed by atoms with Gasteiger partial charge in [-0.3, -0.25) is 0 Å². The Morgan fingerprint density at radius 3 is 2.46 bits per heavy atom. The summed E-state index contributed by atoms with van der Waals surface area (Å²) in [6, 6.07) is 1.46. The number of imidazole rings is 1. The molecule has 0 aliphatic rings. The molecule has 138 valence electrons. The van der Waals surface area contributed by atoms with Gasteiger partial charge in [-0.1, -0.05) is 63.7 Å². The zero-order valence-electron chi connectivity index (χ0n) is 16.5. The monoisotopic (exact) mass is 460 g/mol. The van der Waals surface area contributed by atoms with E-state index < -0.39 is 8.07 Å². The van der Waals surface area contributed by atoms with Gasteiger partial charge < -0.3 is 24.0 Å². The van der Waals surface area contributed by atoms with Crippen molar-refractivity contribution in [2.45, 2.75) is 97.6 Å². The third-order valence-corrected chi connectivity index (χ3v) is 6.22. The van der Waals surface area contributed by atoms with Gasteiger partial charge in [0.1, 0.15) is 12.4 Å². The molecule has 0 N–H and O–H groups in total. The molecule has 0 atom stereocenters. The van der Waals surface area contributed by atoms with Gasteiger partial charge in [-0.15, -0.1) is 0 Å². The van der Waals surface area contributed by atoms with Crippen LogP contribution in [0.5, 0.6) is 0 Å². The smallest absolute Gasteiger partial charge is 0.254 e. The molecule has 1 aromatic rings. The normalized spacial score (nSPS) is 10.9. The molecule has 2 nitrogen and oxygen atoms in total. The van der Waals surface area contributed by atoms with Crippen molar-refractivity contribution in [3.05, 3.63) is 18.2 Å². The van der Waals surface area contributed by atoms with Crippen LogP contribution in [-0.4, -0.2) is 12.6 Å². The van der Waals surface area contributed by atoms with Gasteiger partial charge in [0.05, 0.1) is 6.54 Å². The van der Waals surface area contributed by atoms with Crippen LogP contribution in [0.1, 0.15) is 57.7 Å². The maximum atomic E-state index is 3.31. The van der Waals surface area contributed by atoms with Gasteiger partial charge in [-0.25, -0.2) is 9.13 Å². The summed E-state index contributed by atoms with van der Waals surface area (Å²) in [5.74, 6) is 7.95. The molecule has 0 aliphatic carbocycles. The zero-order chi connectivity index (χ0) is 17.1. The summed E-state index contributed by atoms with van der Waals surface area (Å²) in [6.07, 6.45) is 13.3. The number of unbranched alkanes of at least 4 members (excludes halogenated alkanes) is 5. The van der Waals surface area contributed by atoms with Gasteiger partial charge in [-0.05, 0) is 19.3 Å². The van der Waals surface area contributed by atoms with Gasteiger partial charge >= 0.3 is 0 Å². The van der Waals surface area contributed by atoms with E-state index in [1.807, 2.05) is 0 Å². The first kappa shape index (κ1) is 23.7. The van der Waals surface area contributed by atoms with Crippen molar-refractivity contribution in [2.24, 2.45) is 0 Å². The average Bonchev–Trinajstić information content (AvgIpc) is 2.82. The van der Waals surface area contributed by atoms with E-state index in [0.717, 1.165) is 19.5 Å². The van der Waals surface area contributed by atoms with E-state index in [4.69, 9.17) is 0 Å². The maximum Gasteiger partial charge on any atom is 0.254 e. The molecule has 24 heavy (non-hydrogen) atoms. The van der Waals surface area contributed by atoms with Crippen molar-refractivity contribution >= 4 is 8.07 Å². The summed E-state index contributed by atoms with van der Waals surface area (Å²) in [4.78, 5) is 0. The standard InChI is InChI=1S/C20H37N2Si.HI/c1-6-7-8-9-10-12-15-21-17-18-22(20(21)2)16-13-11-14-19-23(3,4)5;/h17-18H,6-9,11,13-16,19H2,1-5H3;1H/q+1;/p-1. The van der Waals surface area contributed by atoms with E-state index in [0.29, 0.717) is 0 Å². The minimum absolute atomic E-state index is 0. The van der Waals surface area contributed by atoms with Crippen molar-refractivity contribution in [1.29, 1.82) is 0 Å². The number of hydrogen-bond donors (Lipinski definition) is 0. The lowest BCUT2D eigenvalue weighted by Crippen LogP contribution is -3.00. The molecule has 1 rings (SSSR count). The minimum Gasteiger partial charge on any atom is -1.00 e. The fourth-order valence-electron chi connectivity index (χ4n) is 2.75. The zero-order valence-corrected chi connectivity index (χ0v) is 19.7. The summed E-state index contributed by atoms with van der Waals surface area (Å²) in [7, 11) is -0.847. The van der Waals surface area contributed by atoms with Crippen LogP contribution in [0.25, 0.3) is 0 Å². The van der Waals surface area contributed by atoms with E-state index in [-0.39, 0.29) is 24.0 Å². The van der Waals surface area contributed by atoms with Gasteiger partial charge in [0.2, 0.25) is 0 Å². The molecule has 0 aliphatic heterocycles. The predicted molar refractivity (Wildman–Crippen MR) is 103 cm³/mol. The number of nitrogens with zero attached hydrogens (tertiary/aromatic N) is 2. The topological polar surface area (TPSA) is 8.81 Å². The van der Waals surface area contributed by atoms with E-state index in [9.17, 15) is 0 Å². The number of hydrogen-bond acceptors (Lipinski definition) is 0. The number of halogens is 1. The largest absolute Gasteiger partial charge is 1.00 e. The van der Waals surface area contributed by atoms with Crippen LogP contribution in [0.2, 0.25) is 25.7 Å². The summed E-state index contributed by atoms with van der Waals surface area (Å²) < 4.78 is 4.65. The molecule has 0 spiro atoms. The predicted octanol–water partition coefficient (Wildman–Crippen LogP) is 2.18. The second-order valence-corrected chi connectivity index (χ2v) is 13.5. The molecule has 0 radical (unpaired) electrons. The molecule has 0 unspecified atom stereocenters. The van der Waals surface area contributed by atoms with Crippen LogP contribution in [0, 0.1) is 18.8 Å². The third kappa shape index (κ3) is 10.6. The van der Waals surface area contributed by atoms with Crippen LogP contribution in [0.4, 0.5) is 0 Å². The molecule has 0 fully saturated rings. The highest BCUT2D eigenvalue weighted by Crippen LogP contribution is 2.13. The van der Waals surface area contributed by atoms with Crippen molar-refractivity contribution in [3.8, 4) is 11.8 Å². The highest BCUT2D eigenvalue weighted by atomic mass is 127. The summed E-state index contributed by atoms with van der Waals surface area (Å²) in [5, 5.41) is 0. The average molecular weight is 461 g/mol. The number of rotatable bonds is 10. The summed E-state index contributed by atoms with van der Waals surface area (Å²) >= 11 is 0. The van der Waals surface area contributed by atoms with Crippen molar-refractivity contribution in [3.63, 3.8) is 0 Å². The van der Waals surface area contributed by atoms with E-state index in [1.54, 1.807) is 0 Å². The molecule has 0 saturated heterocycles. The highest BCUT2D eigenvalue weighted by Gasteiger charge is 2.13. The summed E-state index contributed by atoms with van der Waals surface area (Å²) in [6.45, 7) is 13.8. The Morgan fingerprint density at radius 1 is 1.04 bits per heavy atom. The fraction of sp³-hybridized carbons (Fsp3) is 0.750. The van der Waals surface area contributed by atoms with Crippen molar-refractivity contribution in [2.75, 3.05) is 0 Å². The van der Waals surface area contributed by atoms with Gasteiger partial charge in [0.25, 0.3) is 5.82 Å². The second kappa shape index (κ2) is 13.0. The minimum atomic E-state index is -0.847. The highest BCUT2D eigenvalue weighted by molar-refractivity contribution is 6.76. The second-order valence-electron chi connectivity index (χ2n) is 7.85. The lowest BCUT2D eigenvalue weighted by molar-refractivity contribution is -0.702. The molecular weight excluding hydrogens is 423 g/mol. The molecule has 0 bridgehead atoms. The van der Waals surface area contributed by atoms with Gasteiger partial charge in [-0.2, -0.15) is 0 Å². The molecule has 4 heteroatoms. The lowest BCUT2D eigenvalue weighted by Gasteiger charge is -2.14. The summed E-state index contributed by atoms with van der Waals surface area (Å²) in [5.41, 5.74) is 0. The number of aromatic nitrogens is 2. The first-order chi connectivity index (χ1) is 10.9. The molecule has 1 aromatic heterocycles. The van der Waals surface area contributed by atoms with Crippen LogP contribution < -0.4 is 28.5 Å². The van der Waals surface area contributed by atoms with Crippen molar-refractivity contribution in [1.82, 2.24) is 4.57 Å². The quantitative estimate of drug-likeness (QED) is 0.166. The Balaban J connectivity index is 0.00000529. The Bertz CT molecular complexity index is 506. The molecule has 0 saturated carbocycles. The Labute approximate surface area is 168 Å².